The Morgan fingerprint density at radius 3 is 2.44 bits per heavy atom. The number of hydrogen-bond donors (Lipinski definition) is 0. The smallest absolute Gasteiger partial charge is 0.271 e. The molecule has 6 rings (SSSR count). The van der Waals surface area contributed by atoms with Gasteiger partial charge in [-0.3, -0.25) is 9.69 Å². The number of aryl methyl sites for hydroxylation is 4. The van der Waals surface area contributed by atoms with Gasteiger partial charge in [0.1, 0.15) is 5.76 Å². The Morgan fingerprint density at radius 1 is 0.897 bits per heavy atom. The number of benzene rings is 3. The first-order chi connectivity index (χ1) is 18.8. The summed E-state index contributed by atoms with van der Waals surface area (Å²) in [5, 5.41) is 1.35. The minimum Gasteiger partial charge on any atom is -0.450 e. The molecule has 0 N–H and O–H groups in total. The summed E-state index contributed by atoms with van der Waals surface area (Å²) in [6, 6.07) is 24.0. The van der Waals surface area contributed by atoms with Crippen molar-refractivity contribution in [2.24, 2.45) is 4.99 Å². The molecule has 0 atom stereocenters. The van der Waals surface area contributed by atoms with Crippen molar-refractivity contribution in [2.75, 3.05) is 4.90 Å². The Morgan fingerprint density at radius 2 is 1.67 bits per heavy atom. The van der Waals surface area contributed by atoms with E-state index in [2.05, 4.69) is 44.8 Å². The summed E-state index contributed by atoms with van der Waals surface area (Å²) in [5.41, 5.74) is 7.26. The fourth-order valence-electron chi connectivity index (χ4n) is 4.12. The number of hydrogen-bond acceptors (Lipinski definition) is 7. The summed E-state index contributed by atoms with van der Waals surface area (Å²) >= 11 is 4.48. The number of carbonyl (C=O) groups is 1. The van der Waals surface area contributed by atoms with Gasteiger partial charge >= 0.3 is 0 Å². The number of rotatable bonds is 5. The minimum atomic E-state index is -0.123. The van der Waals surface area contributed by atoms with Crippen molar-refractivity contribution in [1.82, 2.24) is 4.98 Å². The van der Waals surface area contributed by atoms with Crippen LogP contribution in [0.15, 0.2) is 96.5 Å². The molecule has 5 aromatic rings. The van der Waals surface area contributed by atoms with Crippen molar-refractivity contribution < 1.29 is 9.21 Å². The summed E-state index contributed by atoms with van der Waals surface area (Å²) in [7, 11) is 0. The lowest BCUT2D eigenvalue weighted by Gasteiger charge is -2.17. The topological polar surface area (TPSA) is 58.7 Å². The van der Waals surface area contributed by atoms with E-state index in [-0.39, 0.29) is 5.91 Å². The predicted molar refractivity (Wildman–Crippen MR) is 164 cm³/mol. The van der Waals surface area contributed by atoms with E-state index in [1.165, 1.54) is 34.7 Å². The number of aliphatic imine (C=N–C) groups is 1. The molecule has 1 aliphatic heterocycles. The van der Waals surface area contributed by atoms with E-state index in [1.807, 2.05) is 60.7 Å². The van der Waals surface area contributed by atoms with Crippen molar-refractivity contribution >= 4 is 73.6 Å². The Labute approximate surface area is 239 Å². The molecule has 0 unspecified atom stereocenters. The Hall–Kier alpha value is -3.59. The molecule has 2 aromatic heterocycles. The molecule has 0 aliphatic carbocycles. The highest BCUT2D eigenvalue weighted by Crippen LogP contribution is 2.39. The monoisotopic (exact) mass is 567 g/mol. The number of furan rings is 1. The van der Waals surface area contributed by atoms with Gasteiger partial charge in [-0.25, -0.2) is 9.98 Å². The second-order valence-corrected chi connectivity index (χ2v) is 12.7. The second kappa shape index (κ2) is 10.5. The maximum absolute atomic E-state index is 13.7. The van der Waals surface area contributed by atoms with Crippen molar-refractivity contribution in [3.63, 3.8) is 0 Å². The average Bonchev–Trinajstić information content (AvgIpc) is 3.61. The predicted octanol–water partition coefficient (Wildman–Crippen LogP) is 9.08. The van der Waals surface area contributed by atoms with Crippen LogP contribution in [0.5, 0.6) is 0 Å². The van der Waals surface area contributed by atoms with E-state index >= 15 is 0 Å². The molecule has 3 aromatic carbocycles. The first kappa shape index (κ1) is 25.7. The van der Waals surface area contributed by atoms with Crippen LogP contribution in [0.3, 0.4) is 0 Å². The molecule has 0 spiro atoms. The third kappa shape index (κ3) is 5.32. The number of amides is 1. The van der Waals surface area contributed by atoms with Crippen molar-refractivity contribution in [1.29, 1.82) is 0 Å². The molecule has 1 amide bonds. The minimum absolute atomic E-state index is 0.123. The van der Waals surface area contributed by atoms with Gasteiger partial charge < -0.3 is 4.42 Å². The van der Waals surface area contributed by atoms with Crippen LogP contribution in [0.2, 0.25) is 0 Å². The van der Waals surface area contributed by atoms with Gasteiger partial charge in [0.2, 0.25) is 0 Å². The highest BCUT2D eigenvalue weighted by molar-refractivity contribution is 8.19. The number of thioether (sulfide) groups is 1. The van der Waals surface area contributed by atoms with Gasteiger partial charge in [-0.15, -0.1) is 11.3 Å². The standard InChI is InChI=1S/C31H25N3O2S3/c1-18-9-11-22(15-20(18)3)32-30-34(23-12-10-19(2)21(4)16-23)29(35)27(37-30)17-24-13-14-28(36-24)39-31-33-25-7-5-6-8-26(25)38-31/h5-17H,1-4H3/b27-17-,32-30?. The van der Waals surface area contributed by atoms with E-state index in [1.54, 1.807) is 22.3 Å². The van der Waals surface area contributed by atoms with E-state index in [0.717, 1.165) is 42.2 Å². The summed E-state index contributed by atoms with van der Waals surface area (Å²) in [5.74, 6) is 0.490. The highest BCUT2D eigenvalue weighted by Gasteiger charge is 2.35. The molecule has 0 bridgehead atoms. The zero-order valence-corrected chi connectivity index (χ0v) is 24.3. The molecule has 1 fully saturated rings. The normalized spacial score (nSPS) is 15.8. The van der Waals surface area contributed by atoms with Crippen LogP contribution in [-0.4, -0.2) is 16.1 Å². The molecule has 39 heavy (non-hydrogen) atoms. The fourth-order valence-corrected chi connectivity index (χ4v) is 7.07. The maximum atomic E-state index is 13.7. The second-order valence-electron chi connectivity index (χ2n) is 9.39. The number of anilines is 1. The van der Waals surface area contributed by atoms with Crippen LogP contribution in [0.1, 0.15) is 28.0 Å². The van der Waals surface area contributed by atoms with Crippen LogP contribution in [0.25, 0.3) is 16.3 Å². The summed E-state index contributed by atoms with van der Waals surface area (Å²) in [6.45, 7) is 8.27. The molecular formula is C31H25N3O2S3. The molecule has 1 saturated heterocycles. The quantitative estimate of drug-likeness (QED) is 0.198. The molecule has 5 nitrogen and oxygen atoms in total. The summed E-state index contributed by atoms with van der Waals surface area (Å²) < 4.78 is 8.14. The van der Waals surface area contributed by atoms with Crippen molar-refractivity contribution in [2.45, 2.75) is 37.1 Å². The van der Waals surface area contributed by atoms with Gasteiger partial charge in [0, 0.05) is 6.08 Å². The van der Waals surface area contributed by atoms with E-state index in [4.69, 9.17) is 9.41 Å². The van der Waals surface area contributed by atoms with Crippen LogP contribution in [0, 0.1) is 27.7 Å². The van der Waals surface area contributed by atoms with E-state index in [9.17, 15) is 4.79 Å². The van der Waals surface area contributed by atoms with E-state index in [0.29, 0.717) is 15.8 Å². The Bertz CT molecular complexity index is 1760. The Balaban J connectivity index is 1.32. The number of nitrogens with zero attached hydrogens (tertiary/aromatic N) is 3. The number of para-hydroxylation sites is 1. The van der Waals surface area contributed by atoms with Gasteiger partial charge in [-0.1, -0.05) is 24.3 Å². The molecule has 1 aliphatic rings. The van der Waals surface area contributed by atoms with Crippen LogP contribution < -0.4 is 4.90 Å². The molecular weight excluding hydrogens is 543 g/mol. The van der Waals surface area contributed by atoms with Gasteiger partial charge in [-0.05, 0) is 122 Å². The molecule has 3 heterocycles. The number of thiazole rings is 1. The Kier molecular flexibility index (Phi) is 6.93. The van der Waals surface area contributed by atoms with Crippen LogP contribution in [-0.2, 0) is 4.79 Å². The fraction of sp³-hybridized carbons (Fsp3) is 0.129. The van der Waals surface area contributed by atoms with Gasteiger partial charge in [0.15, 0.2) is 14.6 Å². The van der Waals surface area contributed by atoms with Gasteiger partial charge in [0.05, 0.1) is 26.5 Å². The molecule has 0 saturated carbocycles. The SMILES string of the molecule is Cc1ccc(N=C2S/C(=C\c3ccc(Sc4nc5ccccc5s4)o3)C(=O)N2c2ccc(C)c(C)c2)cc1C. The zero-order valence-electron chi connectivity index (χ0n) is 21.9. The van der Waals surface area contributed by atoms with Crippen molar-refractivity contribution in [3.05, 3.63) is 106 Å². The number of fused-ring (bicyclic) bond motifs is 1. The number of carbonyl (C=O) groups excluding carboxylic acids is 1. The summed E-state index contributed by atoms with van der Waals surface area (Å²) in [6.07, 6.45) is 1.80. The lowest BCUT2D eigenvalue weighted by Crippen LogP contribution is -2.28. The third-order valence-corrected chi connectivity index (χ3v) is 9.59. The summed E-state index contributed by atoms with van der Waals surface area (Å²) in [4.78, 5) is 25.5. The molecule has 8 heteroatoms. The molecule has 194 valence electrons. The highest BCUT2D eigenvalue weighted by atomic mass is 32.2. The first-order valence-electron chi connectivity index (χ1n) is 12.4. The average molecular weight is 568 g/mol. The largest absolute Gasteiger partial charge is 0.450 e. The van der Waals surface area contributed by atoms with Crippen molar-refractivity contribution in [3.8, 4) is 0 Å². The van der Waals surface area contributed by atoms with Crippen LogP contribution >= 0.6 is 34.9 Å². The first-order valence-corrected chi connectivity index (χ1v) is 14.9. The lowest BCUT2D eigenvalue weighted by atomic mass is 10.1. The molecule has 0 radical (unpaired) electrons. The maximum Gasteiger partial charge on any atom is 0.271 e. The zero-order chi connectivity index (χ0) is 27.1. The van der Waals surface area contributed by atoms with Gasteiger partial charge in [0.25, 0.3) is 5.91 Å². The van der Waals surface area contributed by atoms with Crippen LogP contribution in [0.4, 0.5) is 11.4 Å². The lowest BCUT2D eigenvalue weighted by molar-refractivity contribution is -0.113. The third-order valence-electron chi connectivity index (χ3n) is 6.61. The van der Waals surface area contributed by atoms with Gasteiger partial charge in [-0.2, -0.15) is 0 Å². The van der Waals surface area contributed by atoms with E-state index < -0.39 is 0 Å². The number of aromatic nitrogens is 1. The number of amidine groups is 1.